The Labute approximate surface area is 434 Å². The van der Waals surface area contributed by atoms with Crippen molar-refractivity contribution in [1.29, 1.82) is 0 Å². The van der Waals surface area contributed by atoms with Crippen LogP contribution < -0.4 is 0 Å². The number of carbonyl (C=O) groups is 2. The molecule has 1 unspecified atom stereocenters. The fourth-order valence-electron chi connectivity index (χ4n) is 8.27. The number of hydrogen-bond acceptors (Lipinski definition) is 5. The molecule has 0 radical (unpaired) electrons. The summed E-state index contributed by atoms with van der Waals surface area (Å²) in [5.74, 6) is -0.470. The van der Waals surface area contributed by atoms with Gasteiger partial charge in [0.2, 0.25) is 0 Å². The number of hydrogen-bond donors (Lipinski definition) is 0. The molecule has 5 heteroatoms. The van der Waals surface area contributed by atoms with Crippen LogP contribution in [0, 0.1) is 0 Å². The van der Waals surface area contributed by atoms with Crippen molar-refractivity contribution in [2.75, 3.05) is 19.8 Å². The van der Waals surface area contributed by atoms with E-state index in [1.54, 1.807) is 0 Å². The molecule has 0 aromatic rings. The highest BCUT2D eigenvalue weighted by Gasteiger charge is 2.17. The Morgan fingerprint density at radius 1 is 0.329 bits per heavy atom. The van der Waals surface area contributed by atoms with Gasteiger partial charge in [-0.25, -0.2) is 0 Å². The van der Waals surface area contributed by atoms with Crippen LogP contribution in [0.3, 0.4) is 0 Å². The lowest BCUT2D eigenvalue weighted by Crippen LogP contribution is -2.30. The van der Waals surface area contributed by atoms with Gasteiger partial charge in [-0.1, -0.05) is 272 Å². The fourth-order valence-corrected chi connectivity index (χ4v) is 8.27. The third-order valence-electron chi connectivity index (χ3n) is 12.6. The van der Waals surface area contributed by atoms with E-state index in [-0.39, 0.29) is 25.2 Å². The van der Waals surface area contributed by atoms with Gasteiger partial charge in [-0.2, -0.15) is 0 Å². The summed E-state index contributed by atoms with van der Waals surface area (Å²) < 4.78 is 17.5. The normalized spacial score (nSPS) is 12.9. The molecule has 0 aromatic heterocycles. The molecule has 0 saturated carbocycles. The molecule has 0 amide bonds. The number of rotatable bonds is 54. The van der Waals surface area contributed by atoms with Gasteiger partial charge in [-0.05, 0) is 89.9 Å². The van der Waals surface area contributed by atoms with E-state index in [1.165, 1.54) is 141 Å². The fraction of sp³-hybridized carbons (Fsp3) is 0.723. The lowest BCUT2D eigenvalue weighted by molar-refractivity contribution is -0.163. The van der Waals surface area contributed by atoms with E-state index in [0.29, 0.717) is 19.4 Å². The summed E-state index contributed by atoms with van der Waals surface area (Å²) in [4.78, 5) is 25.5. The monoisotopic (exact) mass is 973 g/mol. The van der Waals surface area contributed by atoms with Crippen LogP contribution in [0.2, 0.25) is 0 Å². The Bertz CT molecular complexity index is 1330. The maximum Gasteiger partial charge on any atom is 0.306 e. The van der Waals surface area contributed by atoms with E-state index in [1.807, 2.05) is 0 Å². The molecule has 0 fully saturated rings. The number of allylic oxidation sites excluding steroid dienone is 16. The van der Waals surface area contributed by atoms with Crippen LogP contribution in [0.5, 0.6) is 0 Å². The van der Waals surface area contributed by atoms with Gasteiger partial charge in [0.25, 0.3) is 0 Å². The average molecular weight is 974 g/mol. The maximum absolute atomic E-state index is 12.9. The van der Waals surface area contributed by atoms with Crippen molar-refractivity contribution < 1.29 is 23.8 Å². The lowest BCUT2D eigenvalue weighted by Gasteiger charge is -2.18. The number of ether oxygens (including phenoxy) is 3. The molecule has 0 saturated heterocycles. The SMILES string of the molecule is CC/C=C\C/C=C\C/C=C\C/C=C\C/C=C\CCCC(=O)OCC(COCCCCCCCCCCCCCCCCCCCCCC)OC(=O)CCCCCCCCC/C=C\C/C=C\C/C=C\CC. The van der Waals surface area contributed by atoms with Crippen molar-refractivity contribution in [3.8, 4) is 0 Å². The molecule has 0 aliphatic rings. The standard InChI is InChI=1S/C65H112O5/c1-4-7-10-13-16-19-22-25-28-31-32-33-36-39-42-45-48-51-54-57-60-68-61-63(70-65(67)59-56-53-50-47-44-41-38-35-30-27-24-21-18-15-12-9-6-3)62-69-64(66)58-55-52-49-46-43-40-37-34-29-26-23-20-17-14-11-8-5-2/h8-9,11-12,17-18,20-21,26-27,29-30,37,40,46,49,63H,4-7,10,13-16,19,22-25,28,31-36,38-39,41-45,47-48,50-62H2,1-3H3/b11-8-,12-9-,20-17-,21-18-,29-26-,30-27-,40-37-,49-46-. The quantitative estimate of drug-likeness (QED) is 0.0345. The minimum absolute atomic E-state index is 0.0496. The molecule has 0 rings (SSSR count). The van der Waals surface area contributed by atoms with Crippen molar-refractivity contribution in [2.24, 2.45) is 0 Å². The summed E-state index contributed by atoms with van der Waals surface area (Å²) in [6.07, 6.45) is 81.6. The zero-order valence-electron chi connectivity index (χ0n) is 46.3. The van der Waals surface area contributed by atoms with E-state index in [9.17, 15) is 9.59 Å². The first-order valence-corrected chi connectivity index (χ1v) is 29.8. The Kier molecular flexibility index (Phi) is 57.4. The average Bonchev–Trinajstić information content (AvgIpc) is 3.36. The maximum atomic E-state index is 12.9. The summed E-state index contributed by atoms with van der Waals surface area (Å²) in [6.45, 7) is 7.57. The van der Waals surface area contributed by atoms with Crippen LogP contribution >= 0.6 is 0 Å². The first-order chi connectivity index (χ1) is 34.6. The highest BCUT2D eigenvalue weighted by molar-refractivity contribution is 5.70. The summed E-state index contributed by atoms with van der Waals surface area (Å²) in [7, 11) is 0. The Morgan fingerprint density at radius 3 is 1.07 bits per heavy atom. The zero-order chi connectivity index (χ0) is 50.6. The number of esters is 2. The van der Waals surface area contributed by atoms with Crippen LogP contribution in [0.1, 0.15) is 278 Å². The van der Waals surface area contributed by atoms with Crippen LogP contribution in [0.4, 0.5) is 0 Å². The second kappa shape index (κ2) is 60.1. The third kappa shape index (κ3) is 57.4. The summed E-state index contributed by atoms with van der Waals surface area (Å²) in [5, 5.41) is 0. The first kappa shape index (κ1) is 66.8. The molecule has 0 bridgehead atoms. The minimum Gasteiger partial charge on any atom is -0.462 e. The molecule has 0 spiro atoms. The van der Waals surface area contributed by atoms with E-state index in [2.05, 4.69) is 118 Å². The molecule has 0 aliphatic carbocycles. The molecule has 0 aliphatic heterocycles. The van der Waals surface area contributed by atoms with Gasteiger partial charge in [0, 0.05) is 19.4 Å². The van der Waals surface area contributed by atoms with Gasteiger partial charge in [0.05, 0.1) is 6.61 Å². The van der Waals surface area contributed by atoms with E-state index in [4.69, 9.17) is 14.2 Å². The Balaban J connectivity index is 4.35. The molecule has 402 valence electrons. The van der Waals surface area contributed by atoms with Gasteiger partial charge in [0.1, 0.15) is 6.61 Å². The van der Waals surface area contributed by atoms with E-state index in [0.717, 1.165) is 103 Å². The summed E-state index contributed by atoms with van der Waals surface area (Å²) in [5.41, 5.74) is 0. The van der Waals surface area contributed by atoms with Gasteiger partial charge in [-0.15, -0.1) is 0 Å². The Morgan fingerprint density at radius 2 is 0.657 bits per heavy atom. The highest BCUT2D eigenvalue weighted by atomic mass is 16.6. The van der Waals surface area contributed by atoms with Gasteiger partial charge >= 0.3 is 11.9 Å². The van der Waals surface area contributed by atoms with Gasteiger partial charge in [0.15, 0.2) is 6.10 Å². The lowest BCUT2D eigenvalue weighted by atomic mass is 10.0. The van der Waals surface area contributed by atoms with Crippen LogP contribution in [-0.4, -0.2) is 37.9 Å². The molecular weight excluding hydrogens is 861 g/mol. The largest absolute Gasteiger partial charge is 0.462 e. The zero-order valence-corrected chi connectivity index (χ0v) is 46.3. The van der Waals surface area contributed by atoms with Crippen molar-refractivity contribution in [1.82, 2.24) is 0 Å². The predicted molar refractivity (Wildman–Crippen MR) is 306 cm³/mol. The molecule has 0 heterocycles. The molecular formula is C65H112O5. The Hall–Kier alpha value is -3.18. The van der Waals surface area contributed by atoms with E-state index >= 15 is 0 Å². The topological polar surface area (TPSA) is 61.8 Å². The second-order valence-corrected chi connectivity index (χ2v) is 19.5. The summed E-state index contributed by atoms with van der Waals surface area (Å²) in [6, 6.07) is 0. The van der Waals surface area contributed by atoms with Crippen LogP contribution in [0.25, 0.3) is 0 Å². The predicted octanol–water partition coefficient (Wildman–Crippen LogP) is 20.6. The highest BCUT2D eigenvalue weighted by Crippen LogP contribution is 2.16. The van der Waals surface area contributed by atoms with Crippen LogP contribution in [-0.2, 0) is 23.8 Å². The first-order valence-electron chi connectivity index (χ1n) is 29.8. The smallest absolute Gasteiger partial charge is 0.306 e. The molecule has 0 N–H and O–H groups in total. The molecule has 5 nitrogen and oxygen atoms in total. The second-order valence-electron chi connectivity index (χ2n) is 19.5. The number of unbranched alkanes of at least 4 members (excludes halogenated alkanes) is 27. The minimum atomic E-state index is -0.569. The van der Waals surface area contributed by atoms with Gasteiger partial charge < -0.3 is 14.2 Å². The van der Waals surface area contributed by atoms with Crippen LogP contribution in [0.15, 0.2) is 97.2 Å². The molecule has 0 aromatic carbocycles. The summed E-state index contributed by atoms with van der Waals surface area (Å²) >= 11 is 0. The third-order valence-corrected chi connectivity index (χ3v) is 12.6. The van der Waals surface area contributed by atoms with Crippen molar-refractivity contribution in [2.45, 2.75) is 284 Å². The number of carbonyl (C=O) groups excluding carboxylic acids is 2. The van der Waals surface area contributed by atoms with Gasteiger partial charge in [-0.3, -0.25) is 9.59 Å². The van der Waals surface area contributed by atoms with Crippen molar-refractivity contribution in [3.63, 3.8) is 0 Å². The van der Waals surface area contributed by atoms with E-state index < -0.39 is 6.10 Å². The molecule has 1 atom stereocenters. The van der Waals surface area contributed by atoms with Crippen molar-refractivity contribution in [3.05, 3.63) is 97.2 Å². The molecule has 70 heavy (non-hydrogen) atoms. The van der Waals surface area contributed by atoms with Crippen molar-refractivity contribution >= 4 is 11.9 Å².